The molecule has 0 aromatic carbocycles. The lowest BCUT2D eigenvalue weighted by Gasteiger charge is -2.20. The van der Waals surface area contributed by atoms with Crippen LogP contribution in [0, 0.1) is 5.92 Å². The molecule has 1 saturated carbocycles. The van der Waals surface area contributed by atoms with Gasteiger partial charge in [0.15, 0.2) is 0 Å². The summed E-state index contributed by atoms with van der Waals surface area (Å²) in [5.74, 6) is -0.169. The lowest BCUT2D eigenvalue weighted by Crippen LogP contribution is -2.42. The van der Waals surface area contributed by atoms with E-state index in [1.807, 2.05) is 6.92 Å². The topological polar surface area (TPSA) is 78.9 Å². The number of nitrogens with one attached hydrogen (secondary N) is 1. The predicted octanol–water partition coefficient (Wildman–Crippen LogP) is 0.919. The maximum absolute atomic E-state index is 11.7. The highest BCUT2D eigenvalue weighted by Gasteiger charge is 2.21. The zero-order valence-corrected chi connectivity index (χ0v) is 10.9. The fourth-order valence-corrected chi connectivity index (χ4v) is 1.51. The second-order valence-electron chi connectivity index (χ2n) is 4.47. The van der Waals surface area contributed by atoms with Crippen molar-refractivity contribution in [1.29, 1.82) is 0 Å². The molecular weight excluding hydrogens is 236 g/mol. The van der Waals surface area contributed by atoms with Crippen molar-refractivity contribution >= 4 is 12.0 Å². The van der Waals surface area contributed by atoms with Crippen molar-refractivity contribution < 1.29 is 19.4 Å². The molecule has 1 aliphatic rings. The minimum Gasteiger partial charge on any atom is -0.481 e. The Morgan fingerprint density at radius 1 is 1.44 bits per heavy atom. The van der Waals surface area contributed by atoms with Crippen LogP contribution in [0.1, 0.15) is 26.2 Å². The van der Waals surface area contributed by atoms with Crippen LogP contribution < -0.4 is 5.32 Å². The maximum Gasteiger partial charge on any atom is 0.317 e. The van der Waals surface area contributed by atoms with E-state index < -0.39 is 5.97 Å². The number of aliphatic carboxylic acids is 1. The second-order valence-corrected chi connectivity index (χ2v) is 4.47. The van der Waals surface area contributed by atoms with Gasteiger partial charge in [-0.25, -0.2) is 4.79 Å². The number of carboxylic acid groups (broad SMARTS) is 1. The second kappa shape index (κ2) is 7.92. The predicted molar refractivity (Wildman–Crippen MR) is 66.4 cm³/mol. The number of nitrogens with zero attached hydrogens (tertiary/aromatic N) is 1. The molecule has 6 heteroatoms. The van der Waals surface area contributed by atoms with Gasteiger partial charge in [-0.1, -0.05) is 0 Å². The van der Waals surface area contributed by atoms with Crippen molar-refractivity contribution in [2.75, 3.05) is 32.8 Å². The summed E-state index contributed by atoms with van der Waals surface area (Å²) in [6, 6.07) is -0.228. The molecule has 0 unspecified atom stereocenters. The number of hydrogen-bond acceptors (Lipinski definition) is 3. The van der Waals surface area contributed by atoms with Crippen LogP contribution in [-0.2, 0) is 9.53 Å². The van der Waals surface area contributed by atoms with Crippen LogP contribution in [0.5, 0.6) is 0 Å². The molecule has 2 amide bonds. The minimum absolute atomic E-state index is 0.0283. The van der Waals surface area contributed by atoms with Gasteiger partial charge in [-0.05, 0) is 25.7 Å². The molecule has 2 N–H and O–H groups in total. The molecule has 0 spiro atoms. The van der Waals surface area contributed by atoms with E-state index >= 15 is 0 Å². The maximum atomic E-state index is 11.7. The summed E-state index contributed by atoms with van der Waals surface area (Å²) >= 11 is 0. The zero-order chi connectivity index (χ0) is 13.4. The van der Waals surface area contributed by atoms with Gasteiger partial charge in [0.25, 0.3) is 0 Å². The van der Waals surface area contributed by atoms with E-state index in [1.165, 1.54) is 17.7 Å². The zero-order valence-electron chi connectivity index (χ0n) is 10.9. The molecule has 0 heterocycles. The Balaban J connectivity index is 2.05. The van der Waals surface area contributed by atoms with Gasteiger partial charge < -0.3 is 20.1 Å². The van der Waals surface area contributed by atoms with E-state index in [0.717, 1.165) is 12.5 Å². The fourth-order valence-electron chi connectivity index (χ4n) is 1.51. The van der Waals surface area contributed by atoms with Crippen molar-refractivity contribution in [1.82, 2.24) is 10.2 Å². The molecular formula is C12H22N2O4. The van der Waals surface area contributed by atoms with Crippen LogP contribution >= 0.6 is 0 Å². The van der Waals surface area contributed by atoms with Gasteiger partial charge in [0.05, 0.1) is 13.0 Å². The van der Waals surface area contributed by atoms with Gasteiger partial charge in [-0.3, -0.25) is 4.79 Å². The number of ether oxygens (including phenoxy) is 1. The molecule has 0 aliphatic heterocycles. The third-order valence-corrected chi connectivity index (χ3v) is 2.84. The summed E-state index contributed by atoms with van der Waals surface area (Å²) < 4.78 is 5.39. The quantitative estimate of drug-likeness (QED) is 0.603. The highest BCUT2D eigenvalue weighted by atomic mass is 16.5. The number of carboxylic acids is 1. The molecule has 1 aliphatic carbocycles. The largest absolute Gasteiger partial charge is 0.481 e. The first-order chi connectivity index (χ1) is 8.63. The van der Waals surface area contributed by atoms with Crippen LogP contribution in [0.4, 0.5) is 4.79 Å². The Bertz CT molecular complexity index is 279. The highest BCUT2D eigenvalue weighted by Crippen LogP contribution is 2.28. The summed E-state index contributed by atoms with van der Waals surface area (Å²) in [5.41, 5.74) is 0. The minimum atomic E-state index is -0.894. The van der Waals surface area contributed by atoms with Crippen molar-refractivity contribution in [3.8, 4) is 0 Å². The number of hydrogen-bond donors (Lipinski definition) is 2. The van der Waals surface area contributed by atoms with E-state index in [0.29, 0.717) is 19.7 Å². The Hall–Kier alpha value is -1.30. The van der Waals surface area contributed by atoms with Gasteiger partial charge in [0, 0.05) is 26.2 Å². The first kappa shape index (κ1) is 14.8. The summed E-state index contributed by atoms with van der Waals surface area (Å²) in [5, 5.41) is 11.3. The summed E-state index contributed by atoms with van der Waals surface area (Å²) in [7, 11) is 0. The van der Waals surface area contributed by atoms with Gasteiger partial charge >= 0.3 is 12.0 Å². The van der Waals surface area contributed by atoms with Crippen molar-refractivity contribution in [2.45, 2.75) is 26.2 Å². The van der Waals surface area contributed by atoms with Crippen molar-refractivity contribution in [2.24, 2.45) is 5.92 Å². The van der Waals surface area contributed by atoms with Crippen LogP contribution in [0.2, 0.25) is 0 Å². The number of rotatable bonds is 9. The van der Waals surface area contributed by atoms with Crippen molar-refractivity contribution in [3.05, 3.63) is 0 Å². The van der Waals surface area contributed by atoms with Gasteiger partial charge in [0.1, 0.15) is 0 Å². The van der Waals surface area contributed by atoms with Crippen LogP contribution in [-0.4, -0.2) is 54.9 Å². The van der Waals surface area contributed by atoms with E-state index in [2.05, 4.69) is 5.32 Å². The van der Waals surface area contributed by atoms with Crippen molar-refractivity contribution in [3.63, 3.8) is 0 Å². The third kappa shape index (κ3) is 6.44. The Morgan fingerprint density at radius 3 is 2.72 bits per heavy atom. The first-order valence-electron chi connectivity index (χ1n) is 6.45. The monoisotopic (exact) mass is 258 g/mol. The van der Waals surface area contributed by atoms with E-state index in [9.17, 15) is 9.59 Å². The SMILES string of the molecule is CCN(CCC(=O)O)C(=O)NCCOCC1CC1. The molecule has 0 bridgehead atoms. The summed E-state index contributed by atoms with van der Waals surface area (Å²) in [6.07, 6.45) is 2.48. The molecule has 0 aromatic heterocycles. The fraction of sp³-hybridized carbons (Fsp3) is 0.833. The highest BCUT2D eigenvalue weighted by molar-refractivity contribution is 5.75. The van der Waals surface area contributed by atoms with E-state index in [-0.39, 0.29) is 19.0 Å². The molecule has 0 radical (unpaired) electrons. The number of carbonyl (C=O) groups is 2. The molecule has 6 nitrogen and oxygen atoms in total. The summed E-state index contributed by atoms with van der Waals surface area (Å²) in [4.78, 5) is 23.6. The Kier molecular flexibility index (Phi) is 6.49. The molecule has 1 fully saturated rings. The molecule has 104 valence electrons. The smallest absolute Gasteiger partial charge is 0.317 e. The molecule has 18 heavy (non-hydrogen) atoms. The number of amides is 2. The number of urea groups is 1. The van der Waals surface area contributed by atoms with Gasteiger partial charge in [-0.2, -0.15) is 0 Å². The Labute approximate surface area is 107 Å². The average molecular weight is 258 g/mol. The third-order valence-electron chi connectivity index (χ3n) is 2.84. The molecule has 1 rings (SSSR count). The first-order valence-corrected chi connectivity index (χ1v) is 6.45. The normalized spacial score (nSPS) is 14.3. The molecule has 0 atom stereocenters. The summed E-state index contributed by atoms with van der Waals surface area (Å²) in [6.45, 7) is 4.33. The molecule has 0 aromatic rings. The lowest BCUT2D eigenvalue weighted by molar-refractivity contribution is -0.137. The van der Waals surface area contributed by atoms with Gasteiger partial charge in [0.2, 0.25) is 0 Å². The van der Waals surface area contributed by atoms with Gasteiger partial charge in [-0.15, -0.1) is 0 Å². The van der Waals surface area contributed by atoms with Crippen LogP contribution in [0.25, 0.3) is 0 Å². The average Bonchev–Trinajstić information content (AvgIpc) is 3.13. The van der Waals surface area contributed by atoms with Crippen LogP contribution in [0.15, 0.2) is 0 Å². The number of carbonyl (C=O) groups excluding carboxylic acids is 1. The van der Waals surface area contributed by atoms with Crippen LogP contribution in [0.3, 0.4) is 0 Å². The van der Waals surface area contributed by atoms with E-state index in [1.54, 1.807) is 0 Å². The lowest BCUT2D eigenvalue weighted by atomic mass is 10.4. The standard InChI is InChI=1S/C12H22N2O4/c1-2-14(7-5-11(15)16)12(17)13-6-8-18-9-10-3-4-10/h10H,2-9H2,1H3,(H,13,17)(H,15,16). The molecule has 0 saturated heterocycles. The Morgan fingerprint density at radius 2 is 2.17 bits per heavy atom. The van der Waals surface area contributed by atoms with E-state index in [4.69, 9.17) is 9.84 Å².